The Morgan fingerprint density at radius 3 is 2.28 bits per heavy atom. The van der Waals surface area contributed by atoms with Gasteiger partial charge in [-0.15, -0.1) is 0 Å². The smallest absolute Gasteiger partial charge is 0.279 e. The zero-order valence-corrected chi connectivity index (χ0v) is 18.5. The van der Waals surface area contributed by atoms with E-state index in [1.807, 2.05) is 70.2 Å². The van der Waals surface area contributed by atoms with Crippen molar-refractivity contribution in [3.8, 4) is 11.3 Å². The maximum absolute atomic E-state index is 13.3. The molecule has 2 aromatic carbocycles. The molecule has 0 saturated carbocycles. The first-order valence-electron chi connectivity index (χ1n) is 10.8. The molecule has 1 aliphatic heterocycles. The average Bonchev–Trinajstić information content (AvgIpc) is 2.98. The zero-order chi connectivity index (χ0) is 22.3. The largest absolute Gasteiger partial charge is 0.358 e. The second kappa shape index (κ2) is 6.24. The van der Waals surface area contributed by atoms with Crippen molar-refractivity contribution in [1.29, 1.82) is 0 Å². The minimum Gasteiger partial charge on any atom is -0.358 e. The summed E-state index contributed by atoms with van der Waals surface area (Å²) >= 11 is 0. The molecule has 0 radical (unpaired) electrons. The van der Waals surface area contributed by atoms with Crippen molar-refractivity contribution >= 4 is 27.5 Å². The van der Waals surface area contributed by atoms with Gasteiger partial charge in [0.1, 0.15) is 5.60 Å². The summed E-state index contributed by atoms with van der Waals surface area (Å²) in [5.41, 5.74) is 4.25. The summed E-state index contributed by atoms with van der Waals surface area (Å²) in [7, 11) is 0. The van der Waals surface area contributed by atoms with E-state index < -0.39 is 11.2 Å². The molecule has 158 valence electrons. The third kappa shape index (κ3) is 2.52. The average molecular weight is 422 g/mol. The lowest BCUT2D eigenvalue weighted by atomic mass is 9.95. The van der Waals surface area contributed by atoms with Crippen LogP contribution in [0.2, 0.25) is 0 Å². The third-order valence-electron chi connectivity index (χ3n) is 6.38. The van der Waals surface area contributed by atoms with Crippen molar-refractivity contribution in [2.45, 2.75) is 38.9 Å². The van der Waals surface area contributed by atoms with Crippen LogP contribution in [0, 0.1) is 0 Å². The second-order valence-corrected chi connectivity index (χ2v) is 9.40. The molecule has 0 aliphatic carbocycles. The van der Waals surface area contributed by atoms with Gasteiger partial charge in [0.15, 0.2) is 5.65 Å². The topological polar surface area (TPSA) is 56.5 Å². The molecule has 0 atom stereocenters. The lowest BCUT2D eigenvalue weighted by Gasteiger charge is -2.25. The van der Waals surface area contributed by atoms with E-state index >= 15 is 0 Å². The fraction of sp³-hybridized carbons (Fsp3) is 0.222. The molecule has 5 nitrogen and oxygen atoms in total. The van der Waals surface area contributed by atoms with Gasteiger partial charge in [-0.1, -0.05) is 48.5 Å². The summed E-state index contributed by atoms with van der Waals surface area (Å²) in [5, 5.41) is 1.87. The molecular weight excluding hydrogens is 398 g/mol. The third-order valence-corrected chi connectivity index (χ3v) is 6.38. The monoisotopic (exact) mass is 421 g/mol. The molecule has 1 aliphatic rings. The maximum atomic E-state index is 13.3. The van der Waals surface area contributed by atoms with E-state index in [0.29, 0.717) is 11.2 Å². The molecule has 5 heteroatoms. The van der Waals surface area contributed by atoms with Gasteiger partial charge >= 0.3 is 0 Å². The van der Waals surface area contributed by atoms with E-state index in [0.717, 1.165) is 38.8 Å². The lowest BCUT2D eigenvalue weighted by Crippen LogP contribution is -2.27. The van der Waals surface area contributed by atoms with Crippen molar-refractivity contribution in [2.75, 3.05) is 0 Å². The Kier molecular flexibility index (Phi) is 3.73. The molecule has 0 bridgehead atoms. The minimum absolute atomic E-state index is 0.237. The van der Waals surface area contributed by atoms with Gasteiger partial charge in [0.05, 0.1) is 33.6 Å². The van der Waals surface area contributed by atoms with Crippen LogP contribution in [-0.2, 0) is 15.9 Å². The van der Waals surface area contributed by atoms with Crippen LogP contribution in [0.15, 0.2) is 71.5 Å². The van der Waals surface area contributed by atoms with Crippen LogP contribution in [0.5, 0.6) is 0 Å². The highest BCUT2D eigenvalue weighted by molar-refractivity contribution is 6.10. The van der Waals surface area contributed by atoms with E-state index in [1.54, 1.807) is 0 Å². The maximum Gasteiger partial charge on any atom is 0.279 e. The fourth-order valence-electron chi connectivity index (χ4n) is 5.27. The van der Waals surface area contributed by atoms with Crippen molar-refractivity contribution in [3.63, 3.8) is 0 Å². The number of rotatable bonds is 1. The minimum atomic E-state index is -0.713. The number of hydrogen-bond acceptors (Lipinski definition) is 4. The normalized spacial score (nSPS) is 16.6. The van der Waals surface area contributed by atoms with E-state index in [-0.39, 0.29) is 5.56 Å². The molecule has 3 aromatic heterocycles. The van der Waals surface area contributed by atoms with Gasteiger partial charge in [-0.3, -0.25) is 9.20 Å². The van der Waals surface area contributed by atoms with Crippen LogP contribution in [-0.4, -0.2) is 14.4 Å². The lowest BCUT2D eigenvalue weighted by molar-refractivity contribution is -0.106. The number of ether oxygens (including phenoxy) is 1. The van der Waals surface area contributed by atoms with Crippen molar-refractivity contribution < 1.29 is 4.74 Å². The number of pyridine rings is 2. The summed E-state index contributed by atoms with van der Waals surface area (Å²) in [6.07, 6.45) is 0. The Balaban J connectivity index is 1.84. The molecule has 5 aromatic rings. The van der Waals surface area contributed by atoms with Crippen LogP contribution in [0.1, 0.15) is 39.0 Å². The molecule has 0 amide bonds. The van der Waals surface area contributed by atoms with Crippen LogP contribution >= 0.6 is 0 Å². The number of fused-ring (bicyclic) bond motifs is 8. The molecule has 4 heterocycles. The predicted molar refractivity (Wildman–Crippen MR) is 127 cm³/mol. The molecule has 0 saturated heterocycles. The van der Waals surface area contributed by atoms with Gasteiger partial charge in [-0.2, -0.15) is 4.98 Å². The Morgan fingerprint density at radius 1 is 0.781 bits per heavy atom. The van der Waals surface area contributed by atoms with Crippen LogP contribution in [0.4, 0.5) is 0 Å². The molecule has 0 spiro atoms. The molecule has 6 rings (SSSR count). The fourth-order valence-corrected chi connectivity index (χ4v) is 5.27. The van der Waals surface area contributed by atoms with E-state index in [9.17, 15) is 4.79 Å². The zero-order valence-electron chi connectivity index (χ0n) is 18.5. The Bertz CT molecular complexity index is 1620. The second-order valence-electron chi connectivity index (χ2n) is 9.40. The first kappa shape index (κ1) is 19.1. The SMILES string of the molecule is CC1(C)OC(C)(C)c2c1c(=O)nc1c3ccc(-c4ccccc4)nc3c3ccccc3n21. The van der Waals surface area contributed by atoms with E-state index in [2.05, 4.69) is 33.7 Å². The molecule has 0 unspecified atom stereocenters. The summed E-state index contributed by atoms with van der Waals surface area (Å²) < 4.78 is 8.46. The standard InChI is InChI=1S/C27H23N3O2/c1-26(2)21-23(27(3,4)32-26)30-20-13-9-8-12-17(20)22-18(24(30)29-25(21)31)14-15-19(28-22)16-10-6-5-7-11-16/h5-15H,1-4H3. The molecule has 32 heavy (non-hydrogen) atoms. The van der Waals surface area contributed by atoms with Gasteiger partial charge in [-0.25, -0.2) is 4.98 Å². The summed E-state index contributed by atoms with van der Waals surface area (Å²) in [6.45, 7) is 7.91. The predicted octanol–water partition coefficient (Wildman–Crippen LogP) is 5.56. The Labute approximate surface area is 185 Å². The first-order chi connectivity index (χ1) is 15.3. The molecular formula is C27H23N3O2. The van der Waals surface area contributed by atoms with Crippen LogP contribution < -0.4 is 5.56 Å². The number of hydrogen-bond donors (Lipinski definition) is 0. The number of para-hydroxylation sites is 1. The number of nitrogens with zero attached hydrogens (tertiary/aromatic N) is 3. The van der Waals surface area contributed by atoms with Gasteiger partial charge in [-0.05, 0) is 45.9 Å². The van der Waals surface area contributed by atoms with Crippen LogP contribution in [0.25, 0.3) is 38.7 Å². The summed E-state index contributed by atoms with van der Waals surface area (Å²) in [5.74, 6) is 0. The number of aromatic nitrogens is 3. The van der Waals surface area contributed by atoms with Crippen molar-refractivity contribution in [2.24, 2.45) is 0 Å². The van der Waals surface area contributed by atoms with Gasteiger partial charge in [0, 0.05) is 16.3 Å². The Hall–Kier alpha value is -3.57. The first-order valence-corrected chi connectivity index (χ1v) is 10.8. The number of benzene rings is 2. The molecule has 0 fully saturated rings. The van der Waals surface area contributed by atoms with Crippen molar-refractivity contribution in [3.05, 3.63) is 88.3 Å². The van der Waals surface area contributed by atoms with E-state index in [1.165, 1.54) is 0 Å². The Morgan fingerprint density at radius 2 is 1.50 bits per heavy atom. The van der Waals surface area contributed by atoms with Crippen molar-refractivity contribution in [1.82, 2.24) is 14.4 Å². The molecule has 0 N–H and O–H groups in total. The quantitative estimate of drug-likeness (QED) is 0.332. The highest BCUT2D eigenvalue weighted by atomic mass is 16.5. The van der Waals surface area contributed by atoms with E-state index in [4.69, 9.17) is 9.72 Å². The van der Waals surface area contributed by atoms with Gasteiger partial charge in [0.2, 0.25) is 0 Å². The highest BCUT2D eigenvalue weighted by Gasteiger charge is 2.47. The summed E-state index contributed by atoms with van der Waals surface area (Å²) in [4.78, 5) is 22.9. The summed E-state index contributed by atoms with van der Waals surface area (Å²) in [6, 6.07) is 22.3. The van der Waals surface area contributed by atoms with Gasteiger partial charge < -0.3 is 4.74 Å². The van der Waals surface area contributed by atoms with Crippen LogP contribution in [0.3, 0.4) is 0 Å². The highest BCUT2D eigenvalue weighted by Crippen LogP contribution is 2.46. The van der Waals surface area contributed by atoms with Gasteiger partial charge in [0.25, 0.3) is 5.56 Å².